The van der Waals surface area contributed by atoms with Gasteiger partial charge in [-0.1, -0.05) is 59.9 Å². The molecular formula is C29H29Cl3F6N4O2. The number of benzene rings is 3. The number of aliphatic hydroxyl groups is 1. The number of carbonyl (C=O) groups is 1. The molecule has 0 radical (unpaired) electrons. The summed E-state index contributed by atoms with van der Waals surface area (Å²) in [6.07, 6.45) is -11.6. The van der Waals surface area contributed by atoms with Crippen LogP contribution in [0.25, 0.3) is 0 Å². The van der Waals surface area contributed by atoms with E-state index in [0.29, 0.717) is 42.2 Å². The number of urea groups is 1. The van der Waals surface area contributed by atoms with E-state index in [1.807, 2.05) is 25.1 Å². The van der Waals surface area contributed by atoms with Crippen molar-refractivity contribution < 1.29 is 36.2 Å². The fourth-order valence-electron chi connectivity index (χ4n) is 4.19. The third kappa shape index (κ3) is 10.7. The standard InChI is InChI=1S/C29H29Cl3F6N4O2/c1-2-22(14-39-13-16-4-3-5-21(30)8-16)41-27(44)42-25(17-6-7-23(31)24(32)11-17)15-40-26(43)18-9-19(28(33,34)35)12-20(10-18)29(36,37)38/h3-12,22,25-26,39-40,43H,2,13-15H2,1H3,(H2,41,42,44). The van der Waals surface area contributed by atoms with Gasteiger partial charge in [-0.25, -0.2) is 4.79 Å². The molecule has 0 aromatic heterocycles. The van der Waals surface area contributed by atoms with Crippen LogP contribution in [0.2, 0.25) is 15.1 Å². The Morgan fingerprint density at radius 2 is 1.48 bits per heavy atom. The Morgan fingerprint density at radius 1 is 0.818 bits per heavy atom. The van der Waals surface area contributed by atoms with Crippen LogP contribution in [0, 0.1) is 0 Å². The quantitative estimate of drug-likeness (QED) is 0.0993. The maximum Gasteiger partial charge on any atom is 0.416 e. The Hall–Kier alpha value is -2.74. The molecular weight excluding hydrogens is 657 g/mol. The highest BCUT2D eigenvalue weighted by molar-refractivity contribution is 6.42. The molecule has 3 atom stereocenters. The van der Waals surface area contributed by atoms with Crippen molar-refractivity contribution in [1.29, 1.82) is 0 Å². The summed E-state index contributed by atoms with van der Waals surface area (Å²) in [5.41, 5.74) is -2.46. The van der Waals surface area contributed by atoms with E-state index in [-0.39, 0.29) is 28.7 Å². The Labute approximate surface area is 265 Å². The van der Waals surface area contributed by atoms with Crippen molar-refractivity contribution in [2.24, 2.45) is 0 Å². The second kappa shape index (κ2) is 15.5. The average Bonchev–Trinajstić information content (AvgIpc) is 2.94. The number of alkyl halides is 6. The molecule has 6 nitrogen and oxygen atoms in total. The van der Waals surface area contributed by atoms with Gasteiger partial charge in [0.25, 0.3) is 0 Å². The Balaban J connectivity index is 1.73. The molecule has 3 aromatic rings. The average molecular weight is 686 g/mol. The van der Waals surface area contributed by atoms with Crippen LogP contribution in [0.15, 0.2) is 60.7 Å². The van der Waals surface area contributed by atoms with Crippen molar-refractivity contribution in [3.05, 3.63) is 104 Å². The zero-order valence-electron chi connectivity index (χ0n) is 23.1. The van der Waals surface area contributed by atoms with Gasteiger partial charge in [0.1, 0.15) is 6.23 Å². The molecule has 0 saturated heterocycles. The lowest BCUT2D eigenvalue weighted by Gasteiger charge is -2.25. The van der Waals surface area contributed by atoms with Crippen LogP contribution in [0.1, 0.15) is 53.4 Å². The van der Waals surface area contributed by atoms with Gasteiger partial charge in [-0.05, 0) is 65.6 Å². The zero-order chi connectivity index (χ0) is 32.7. The van der Waals surface area contributed by atoms with Crippen LogP contribution in [0.3, 0.4) is 0 Å². The lowest BCUT2D eigenvalue weighted by atomic mass is 10.0. The molecule has 0 aliphatic heterocycles. The van der Waals surface area contributed by atoms with E-state index in [4.69, 9.17) is 34.8 Å². The van der Waals surface area contributed by atoms with E-state index >= 15 is 0 Å². The van der Waals surface area contributed by atoms with Crippen LogP contribution in [-0.2, 0) is 18.9 Å². The van der Waals surface area contributed by atoms with Crippen LogP contribution in [0.5, 0.6) is 0 Å². The van der Waals surface area contributed by atoms with Crippen LogP contribution in [-0.4, -0.2) is 30.3 Å². The number of halogens is 9. The number of aliphatic hydroxyl groups excluding tert-OH is 1. The van der Waals surface area contributed by atoms with E-state index in [2.05, 4.69) is 21.3 Å². The SMILES string of the molecule is CCC(CNCc1cccc(Cl)c1)NC(=O)NC(CNC(O)c1cc(C(F)(F)F)cc(C(F)(F)F)c1)c1ccc(Cl)c(Cl)c1. The number of carbonyl (C=O) groups excluding carboxylic acids is 1. The molecule has 5 N–H and O–H groups in total. The van der Waals surface area contributed by atoms with Gasteiger partial charge in [-0.2, -0.15) is 26.3 Å². The minimum atomic E-state index is -5.09. The van der Waals surface area contributed by atoms with Gasteiger partial charge in [-0.3, -0.25) is 5.32 Å². The van der Waals surface area contributed by atoms with Crippen molar-refractivity contribution in [1.82, 2.24) is 21.3 Å². The molecule has 240 valence electrons. The first-order valence-electron chi connectivity index (χ1n) is 13.2. The first-order chi connectivity index (χ1) is 20.6. The van der Waals surface area contributed by atoms with Gasteiger partial charge in [-0.15, -0.1) is 0 Å². The molecule has 0 bridgehead atoms. The summed E-state index contributed by atoms with van der Waals surface area (Å²) in [5, 5.41) is 22.8. The largest absolute Gasteiger partial charge is 0.416 e. The normalized spacial score (nSPS) is 14.2. The molecule has 0 aliphatic carbocycles. The lowest BCUT2D eigenvalue weighted by Crippen LogP contribution is -2.48. The summed E-state index contributed by atoms with van der Waals surface area (Å²) < 4.78 is 79.8. The Morgan fingerprint density at radius 3 is 2.05 bits per heavy atom. The summed E-state index contributed by atoms with van der Waals surface area (Å²) in [6, 6.07) is 10.6. The number of hydrogen-bond donors (Lipinski definition) is 5. The Bertz CT molecular complexity index is 1390. The van der Waals surface area contributed by atoms with Gasteiger partial charge < -0.3 is 21.1 Å². The van der Waals surface area contributed by atoms with Gasteiger partial charge in [0, 0.05) is 30.7 Å². The molecule has 0 fully saturated rings. The van der Waals surface area contributed by atoms with Gasteiger partial charge in [0.2, 0.25) is 0 Å². The lowest BCUT2D eigenvalue weighted by molar-refractivity contribution is -0.143. The molecule has 0 heterocycles. The number of amides is 2. The van der Waals surface area contributed by atoms with Crippen molar-refractivity contribution >= 4 is 40.8 Å². The first kappa shape index (κ1) is 35.7. The summed E-state index contributed by atoms with van der Waals surface area (Å²) in [5.74, 6) is 0. The molecule has 3 unspecified atom stereocenters. The number of nitrogens with one attached hydrogen (secondary N) is 4. The van der Waals surface area contributed by atoms with Gasteiger partial charge in [0.05, 0.1) is 27.2 Å². The van der Waals surface area contributed by atoms with E-state index in [9.17, 15) is 36.2 Å². The minimum absolute atomic E-state index is 0.0331. The van der Waals surface area contributed by atoms with E-state index < -0.39 is 47.3 Å². The fourth-order valence-corrected chi connectivity index (χ4v) is 4.71. The summed E-state index contributed by atoms with van der Waals surface area (Å²) in [6.45, 7) is 2.46. The second-order valence-corrected chi connectivity index (χ2v) is 11.1. The van der Waals surface area contributed by atoms with Crippen LogP contribution in [0.4, 0.5) is 31.1 Å². The summed E-state index contributed by atoms with van der Waals surface area (Å²) >= 11 is 18.2. The molecule has 44 heavy (non-hydrogen) atoms. The predicted molar refractivity (Wildman–Crippen MR) is 158 cm³/mol. The van der Waals surface area contributed by atoms with E-state index in [0.717, 1.165) is 5.56 Å². The maximum atomic E-state index is 13.3. The maximum absolute atomic E-state index is 13.3. The third-order valence-electron chi connectivity index (χ3n) is 6.53. The van der Waals surface area contributed by atoms with Gasteiger partial charge >= 0.3 is 18.4 Å². The molecule has 3 rings (SSSR count). The first-order valence-corrected chi connectivity index (χ1v) is 14.4. The minimum Gasteiger partial charge on any atom is -0.374 e. The summed E-state index contributed by atoms with van der Waals surface area (Å²) in [7, 11) is 0. The van der Waals surface area contributed by atoms with E-state index in [1.54, 1.807) is 6.07 Å². The third-order valence-corrected chi connectivity index (χ3v) is 7.50. The Kier molecular flexibility index (Phi) is 12.6. The number of hydrogen-bond acceptors (Lipinski definition) is 4. The smallest absolute Gasteiger partial charge is 0.374 e. The monoisotopic (exact) mass is 684 g/mol. The molecule has 0 saturated carbocycles. The highest BCUT2D eigenvalue weighted by Gasteiger charge is 2.37. The topological polar surface area (TPSA) is 85.4 Å². The highest BCUT2D eigenvalue weighted by atomic mass is 35.5. The zero-order valence-corrected chi connectivity index (χ0v) is 25.4. The number of rotatable bonds is 12. The molecule has 2 amide bonds. The van der Waals surface area contributed by atoms with E-state index in [1.165, 1.54) is 18.2 Å². The van der Waals surface area contributed by atoms with Crippen molar-refractivity contribution in [2.45, 2.75) is 50.6 Å². The summed E-state index contributed by atoms with van der Waals surface area (Å²) in [4.78, 5) is 13.0. The fraction of sp³-hybridized carbons (Fsp3) is 0.345. The van der Waals surface area contributed by atoms with Crippen molar-refractivity contribution in [2.75, 3.05) is 13.1 Å². The van der Waals surface area contributed by atoms with Crippen LogP contribution >= 0.6 is 34.8 Å². The molecule has 0 spiro atoms. The van der Waals surface area contributed by atoms with Gasteiger partial charge in [0.15, 0.2) is 0 Å². The van der Waals surface area contributed by atoms with Crippen molar-refractivity contribution in [3.8, 4) is 0 Å². The second-order valence-electron chi connectivity index (χ2n) is 9.86. The predicted octanol–water partition coefficient (Wildman–Crippen LogP) is 7.87. The van der Waals surface area contributed by atoms with Crippen LogP contribution < -0.4 is 21.3 Å². The molecule has 15 heteroatoms. The van der Waals surface area contributed by atoms with Crippen molar-refractivity contribution in [3.63, 3.8) is 0 Å². The highest BCUT2D eigenvalue weighted by Crippen LogP contribution is 2.37. The molecule has 0 aliphatic rings. The molecule has 3 aromatic carbocycles.